The van der Waals surface area contributed by atoms with Crippen LogP contribution in [0, 0.1) is 11.6 Å². The minimum atomic E-state index is -1.34. The molecule has 0 radical (unpaired) electrons. The monoisotopic (exact) mass is 333 g/mol. The predicted octanol–water partition coefficient (Wildman–Crippen LogP) is 3.09. The van der Waals surface area contributed by atoms with E-state index in [1.807, 2.05) is 0 Å². The zero-order chi connectivity index (χ0) is 14.2. The van der Waals surface area contributed by atoms with E-state index in [1.165, 1.54) is 7.11 Å². The van der Waals surface area contributed by atoms with Crippen LogP contribution in [0.3, 0.4) is 0 Å². The van der Waals surface area contributed by atoms with Crippen LogP contribution in [-0.4, -0.2) is 23.3 Å². The highest BCUT2D eigenvalue weighted by molar-refractivity contribution is 9.10. The highest BCUT2D eigenvalue weighted by Crippen LogP contribution is 2.37. The van der Waals surface area contributed by atoms with Crippen molar-refractivity contribution in [2.24, 2.45) is 0 Å². The van der Waals surface area contributed by atoms with E-state index >= 15 is 0 Å². The molecule has 0 saturated heterocycles. The summed E-state index contributed by atoms with van der Waals surface area (Å²) in [5.41, 5.74) is -0.0866. The molecule has 1 aromatic carbocycles. The van der Waals surface area contributed by atoms with E-state index in [9.17, 15) is 13.6 Å². The van der Waals surface area contributed by atoms with Gasteiger partial charge in [0.2, 0.25) is 5.76 Å². The first-order valence-corrected chi connectivity index (χ1v) is 5.67. The fraction of sp³-hybridized carbons (Fsp3) is 0.0909. The molecule has 19 heavy (non-hydrogen) atoms. The summed E-state index contributed by atoms with van der Waals surface area (Å²) >= 11 is 2.74. The number of methoxy groups -OCH3 is 1. The van der Waals surface area contributed by atoms with Crippen molar-refractivity contribution < 1.29 is 27.9 Å². The normalized spacial score (nSPS) is 10.5. The lowest BCUT2D eigenvalue weighted by atomic mass is 10.1. The van der Waals surface area contributed by atoms with Crippen LogP contribution < -0.4 is 4.74 Å². The smallest absolute Gasteiger partial charge is 0.374 e. The third-order valence-corrected chi connectivity index (χ3v) is 3.05. The quantitative estimate of drug-likeness (QED) is 0.874. The lowest BCUT2D eigenvalue weighted by Crippen LogP contribution is -1.96. The molecule has 0 atom stereocenters. The molecule has 8 heteroatoms. The van der Waals surface area contributed by atoms with Gasteiger partial charge < -0.3 is 14.4 Å². The molecular weight excluding hydrogens is 328 g/mol. The van der Waals surface area contributed by atoms with Gasteiger partial charge in [0.15, 0.2) is 11.6 Å². The van der Waals surface area contributed by atoms with E-state index in [1.54, 1.807) is 0 Å². The number of carboxylic acids is 1. The summed E-state index contributed by atoms with van der Waals surface area (Å²) in [4.78, 5) is 10.7. The Morgan fingerprint density at radius 3 is 2.68 bits per heavy atom. The molecule has 0 aliphatic heterocycles. The van der Waals surface area contributed by atoms with Crippen LogP contribution in [0.25, 0.3) is 11.3 Å². The summed E-state index contributed by atoms with van der Waals surface area (Å²) in [6.07, 6.45) is 0. The Bertz CT molecular complexity index is 656. The van der Waals surface area contributed by atoms with Gasteiger partial charge in [-0.2, -0.15) is 0 Å². The first-order chi connectivity index (χ1) is 8.95. The maximum absolute atomic E-state index is 13.8. The number of rotatable bonds is 3. The molecule has 0 bridgehead atoms. The molecule has 0 spiro atoms. The van der Waals surface area contributed by atoms with E-state index in [4.69, 9.17) is 9.84 Å². The number of carboxylic acid groups (broad SMARTS) is 1. The molecule has 0 aliphatic carbocycles. The first kappa shape index (κ1) is 13.5. The Kier molecular flexibility index (Phi) is 3.52. The van der Waals surface area contributed by atoms with Crippen molar-refractivity contribution in [2.75, 3.05) is 7.11 Å². The molecule has 0 unspecified atom stereocenters. The molecule has 2 rings (SSSR count). The Hall–Kier alpha value is -1.96. The molecule has 100 valence electrons. The van der Waals surface area contributed by atoms with Crippen molar-refractivity contribution in [3.8, 4) is 17.0 Å². The molecule has 5 nitrogen and oxygen atoms in total. The molecule has 0 aliphatic rings. The second-order valence-electron chi connectivity index (χ2n) is 3.45. The van der Waals surface area contributed by atoms with E-state index < -0.39 is 23.4 Å². The zero-order valence-electron chi connectivity index (χ0n) is 9.41. The van der Waals surface area contributed by atoms with Crippen LogP contribution in [0.15, 0.2) is 21.1 Å². The Labute approximate surface area is 113 Å². The third kappa shape index (κ3) is 2.30. The Balaban J connectivity index is 2.63. The number of aromatic carboxylic acids is 1. The third-order valence-electron chi connectivity index (χ3n) is 2.32. The highest BCUT2D eigenvalue weighted by Gasteiger charge is 2.22. The van der Waals surface area contributed by atoms with E-state index in [0.717, 1.165) is 12.1 Å². The van der Waals surface area contributed by atoms with Gasteiger partial charge in [0.1, 0.15) is 11.5 Å². The number of benzene rings is 1. The van der Waals surface area contributed by atoms with Gasteiger partial charge in [-0.15, -0.1) is 0 Å². The summed E-state index contributed by atoms with van der Waals surface area (Å²) in [6, 6.07) is 2.02. The van der Waals surface area contributed by atoms with Crippen molar-refractivity contribution in [1.82, 2.24) is 5.16 Å². The van der Waals surface area contributed by atoms with Crippen LogP contribution in [0.5, 0.6) is 5.75 Å². The Morgan fingerprint density at radius 2 is 2.16 bits per heavy atom. The lowest BCUT2D eigenvalue weighted by Gasteiger charge is -2.09. The van der Waals surface area contributed by atoms with Gasteiger partial charge in [-0.3, -0.25) is 0 Å². The van der Waals surface area contributed by atoms with E-state index in [0.29, 0.717) is 0 Å². The Morgan fingerprint density at radius 1 is 1.47 bits per heavy atom. The lowest BCUT2D eigenvalue weighted by molar-refractivity contribution is 0.0652. The molecule has 0 fully saturated rings. The van der Waals surface area contributed by atoms with Gasteiger partial charge in [0.25, 0.3) is 0 Å². The van der Waals surface area contributed by atoms with Crippen molar-refractivity contribution in [2.45, 2.75) is 0 Å². The van der Waals surface area contributed by atoms with Gasteiger partial charge in [-0.1, -0.05) is 5.16 Å². The fourth-order valence-corrected chi connectivity index (χ4v) is 1.77. The van der Waals surface area contributed by atoms with Crippen molar-refractivity contribution >= 4 is 21.9 Å². The molecule has 0 saturated carbocycles. The number of aromatic nitrogens is 1. The van der Waals surface area contributed by atoms with Crippen molar-refractivity contribution in [3.63, 3.8) is 0 Å². The van der Waals surface area contributed by atoms with E-state index in [2.05, 4.69) is 25.6 Å². The number of halogens is 3. The van der Waals surface area contributed by atoms with Crippen LogP contribution >= 0.6 is 15.9 Å². The SMILES string of the molecule is COc1c(-c2cc(C(=O)O)on2)cc(F)c(Br)c1F. The van der Waals surface area contributed by atoms with Gasteiger partial charge >= 0.3 is 5.97 Å². The molecule has 0 amide bonds. The van der Waals surface area contributed by atoms with Crippen molar-refractivity contribution in [1.29, 1.82) is 0 Å². The predicted molar refractivity (Wildman–Crippen MR) is 63.1 cm³/mol. The number of hydrogen-bond acceptors (Lipinski definition) is 4. The second-order valence-corrected chi connectivity index (χ2v) is 4.24. The van der Waals surface area contributed by atoms with E-state index in [-0.39, 0.29) is 21.5 Å². The van der Waals surface area contributed by atoms with Crippen molar-refractivity contribution in [3.05, 3.63) is 34.0 Å². The van der Waals surface area contributed by atoms with Gasteiger partial charge in [-0.25, -0.2) is 13.6 Å². The highest BCUT2D eigenvalue weighted by atomic mass is 79.9. The van der Waals surface area contributed by atoms with Gasteiger partial charge in [-0.05, 0) is 22.0 Å². The summed E-state index contributed by atoms with van der Waals surface area (Å²) in [6.45, 7) is 0. The number of carbonyl (C=O) groups is 1. The van der Waals surface area contributed by atoms with Crippen LogP contribution in [0.2, 0.25) is 0 Å². The second kappa shape index (κ2) is 4.96. The van der Waals surface area contributed by atoms with Crippen LogP contribution in [0.1, 0.15) is 10.6 Å². The summed E-state index contributed by atoms with van der Waals surface area (Å²) in [7, 11) is 1.20. The number of nitrogens with zero attached hydrogens (tertiary/aromatic N) is 1. The molecule has 2 aromatic rings. The topological polar surface area (TPSA) is 72.6 Å². The number of hydrogen-bond donors (Lipinski definition) is 1. The average molecular weight is 334 g/mol. The average Bonchev–Trinajstić information content (AvgIpc) is 2.85. The maximum atomic E-state index is 13.8. The summed E-state index contributed by atoms with van der Waals surface area (Å²) in [5.74, 6) is -3.86. The fourth-order valence-electron chi connectivity index (χ4n) is 1.47. The number of ether oxygens (including phenoxy) is 1. The standard InChI is InChI=1S/C11H6BrF2NO4/c1-18-10-4(2-5(13)8(12)9(10)14)6-3-7(11(16)17)19-15-6/h2-3H,1H3,(H,16,17). The molecule has 1 heterocycles. The van der Waals surface area contributed by atoms with Gasteiger partial charge in [0.05, 0.1) is 17.1 Å². The molecule has 1 aromatic heterocycles. The minimum Gasteiger partial charge on any atom is -0.493 e. The maximum Gasteiger partial charge on any atom is 0.374 e. The zero-order valence-corrected chi connectivity index (χ0v) is 11.0. The largest absolute Gasteiger partial charge is 0.493 e. The minimum absolute atomic E-state index is 0.0421. The first-order valence-electron chi connectivity index (χ1n) is 4.87. The van der Waals surface area contributed by atoms with Gasteiger partial charge in [0, 0.05) is 6.07 Å². The molecule has 1 N–H and O–H groups in total. The summed E-state index contributed by atoms with van der Waals surface area (Å²) in [5, 5.41) is 12.1. The molecular formula is C11H6BrF2NO4. The van der Waals surface area contributed by atoms with Crippen LogP contribution in [0.4, 0.5) is 8.78 Å². The summed E-state index contributed by atoms with van der Waals surface area (Å²) < 4.78 is 36.3. The van der Waals surface area contributed by atoms with Crippen LogP contribution in [-0.2, 0) is 0 Å².